The second-order valence-corrected chi connectivity index (χ2v) is 8.87. The van der Waals surface area contributed by atoms with Gasteiger partial charge in [0.25, 0.3) is 11.8 Å². The van der Waals surface area contributed by atoms with Crippen LogP contribution in [0.15, 0.2) is 42.5 Å². The van der Waals surface area contributed by atoms with E-state index in [2.05, 4.69) is 9.69 Å². The number of amides is 3. The summed E-state index contributed by atoms with van der Waals surface area (Å²) in [5, 5.41) is 2.81. The molecule has 0 bridgehead atoms. The minimum atomic E-state index is -1.16. The number of carbonyl (C=O) groups is 3. The predicted octanol–water partition coefficient (Wildman–Crippen LogP) is 1.75. The van der Waals surface area contributed by atoms with Gasteiger partial charge in [0.15, 0.2) is 17.2 Å². The Morgan fingerprint density at radius 3 is 2.45 bits per heavy atom. The molecule has 0 radical (unpaired) electrons. The van der Waals surface area contributed by atoms with Crippen molar-refractivity contribution in [3.05, 3.63) is 58.6 Å². The Hall–Kier alpha value is -4.36. The zero-order valence-corrected chi connectivity index (χ0v) is 21.6. The highest BCUT2D eigenvalue weighted by molar-refractivity contribution is 7.09. The van der Waals surface area contributed by atoms with Crippen molar-refractivity contribution in [1.29, 1.82) is 0 Å². The molecule has 12 nitrogen and oxygen atoms in total. The molecule has 0 spiro atoms. The van der Waals surface area contributed by atoms with E-state index in [1.165, 1.54) is 19.1 Å². The third-order valence-corrected chi connectivity index (χ3v) is 6.57. The minimum absolute atomic E-state index is 0.0445. The van der Waals surface area contributed by atoms with Crippen LogP contribution in [-0.4, -0.2) is 62.7 Å². The van der Waals surface area contributed by atoms with Crippen LogP contribution in [0.5, 0.6) is 17.2 Å². The topological polar surface area (TPSA) is 168 Å². The number of hydrogen-bond acceptors (Lipinski definition) is 10. The molecule has 13 heteroatoms. The molecule has 1 aliphatic heterocycles. The number of benzene rings is 2. The van der Waals surface area contributed by atoms with E-state index < -0.39 is 23.8 Å². The summed E-state index contributed by atoms with van der Waals surface area (Å²) in [6.07, 6.45) is 0. The number of fused-ring (bicyclic) bond motifs is 1. The number of nitrogens with zero attached hydrogens (tertiary/aromatic N) is 2. The lowest BCUT2D eigenvalue weighted by atomic mass is 10.0. The highest BCUT2D eigenvalue weighted by Gasteiger charge is 2.36. The van der Waals surface area contributed by atoms with Crippen molar-refractivity contribution >= 4 is 40.6 Å². The Labute approximate surface area is 222 Å². The van der Waals surface area contributed by atoms with E-state index >= 15 is 0 Å². The van der Waals surface area contributed by atoms with Crippen LogP contribution < -0.4 is 35.9 Å². The minimum Gasteiger partial charge on any atom is -0.497 e. The van der Waals surface area contributed by atoms with Gasteiger partial charge in [0, 0.05) is 25.4 Å². The van der Waals surface area contributed by atoms with Gasteiger partial charge in [0.1, 0.15) is 29.9 Å². The molecule has 3 amide bonds. The third kappa shape index (κ3) is 5.48. The average Bonchev–Trinajstić information content (AvgIpc) is 3.32. The van der Waals surface area contributed by atoms with Gasteiger partial charge in [0.2, 0.25) is 5.91 Å². The molecule has 5 N–H and O–H groups in total. The number of hydrogen-bond donors (Lipinski definition) is 3. The summed E-state index contributed by atoms with van der Waals surface area (Å²) in [5.74, 6) is -0.517. The second kappa shape index (κ2) is 11.8. The summed E-state index contributed by atoms with van der Waals surface area (Å²) in [6.45, 7) is 1.19. The van der Waals surface area contributed by atoms with Gasteiger partial charge in [-0.3, -0.25) is 19.3 Å². The van der Waals surface area contributed by atoms with Crippen molar-refractivity contribution in [3.8, 4) is 17.2 Å². The summed E-state index contributed by atoms with van der Waals surface area (Å²) in [7, 11) is 3.04. The van der Waals surface area contributed by atoms with Crippen molar-refractivity contribution in [3.63, 3.8) is 0 Å². The van der Waals surface area contributed by atoms with E-state index in [1.807, 2.05) is 0 Å². The van der Waals surface area contributed by atoms with Gasteiger partial charge < -0.3 is 35.7 Å². The Morgan fingerprint density at radius 1 is 1.11 bits per heavy atom. The Balaban J connectivity index is 1.87. The number of nitrogens with two attached hydrogens (primary N) is 2. The van der Waals surface area contributed by atoms with Gasteiger partial charge >= 0.3 is 0 Å². The van der Waals surface area contributed by atoms with Crippen LogP contribution in [0.3, 0.4) is 0 Å². The van der Waals surface area contributed by atoms with E-state index in [-0.39, 0.29) is 29.4 Å². The molecule has 3 aromatic rings. The summed E-state index contributed by atoms with van der Waals surface area (Å²) < 4.78 is 25.6. The smallest absolute Gasteiger partial charge is 0.273 e. The molecular weight excluding hydrogens is 514 g/mol. The molecule has 4 rings (SSSR count). The van der Waals surface area contributed by atoms with E-state index in [0.717, 1.165) is 11.5 Å². The maximum atomic E-state index is 14.1. The standard InChI is InChI=1S/C25H27N5O7S/c1-34-10-9-28-24(32)21(14-3-6-16(35-2)7-4-14)30(15-5-8-17-18(13-15)37-12-11-36-17)25(33)22-19(26)20(23(27)31)29-38-22/h3-8,13,21H,9-12,26H2,1-2H3,(H2,27,31)(H,28,32)/t21-/m1/s1. The molecule has 2 aromatic carbocycles. The van der Waals surface area contributed by atoms with E-state index in [9.17, 15) is 14.4 Å². The van der Waals surface area contributed by atoms with Crippen molar-refractivity contribution < 1.29 is 33.3 Å². The van der Waals surface area contributed by atoms with Crippen LogP contribution in [0.25, 0.3) is 0 Å². The van der Waals surface area contributed by atoms with Crippen LogP contribution in [0, 0.1) is 0 Å². The fraction of sp³-hybridized carbons (Fsp3) is 0.280. The quantitative estimate of drug-likeness (QED) is 0.324. The first-order chi connectivity index (χ1) is 18.3. The average molecular weight is 542 g/mol. The largest absolute Gasteiger partial charge is 0.497 e. The lowest BCUT2D eigenvalue weighted by molar-refractivity contribution is -0.122. The lowest BCUT2D eigenvalue weighted by Crippen LogP contribution is -2.44. The molecule has 0 saturated carbocycles. The summed E-state index contributed by atoms with van der Waals surface area (Å²) in [4.78, 5) is 40.8. The lowest BCUT2D eigenvalue weighted by Gasteiger charge is -2.32. The zero-order valence-electron chi connectivity index (χ0n) is 20.8. The molecule has 0 aliphatic carbocycles. The first kappa shape index (κ1) is 26.7. The number of primary amides is 1. The number of nitrogens with one attached hydrogen (secondary N) is 1. The van der Waals surface area contributed by atoms with Crippen molar-refractivity contribution in [2.24, 2.45) is 5.73 Å². The van der Waals surface area contributed by atoms with Crippen LogP contribution in [0.2, 0.25) is 0 Å². The molecule has 0 fully saturated rings. The molecular formula is C25H27N5O7S. The maximum Gasteiger partial charge on any atom is 0.273 e. The Bertz CT molecular complexity index is 1330. The number of anilines is 2. The second-order valence-electron chi connectivity index (χ2n) is 8.10. The van der Waals surface area contributed by atoms with E-state index in [0.29, 0.717) is 41.7 Å². The maximum absolute atomic E-state index is 14.1. The number of aromatic nitrogens is 1. The summed E-state index contributed by atoms with van der Waals surface area (Å²) in [6, 6.07) is 10.5. The SMILES string of the molecule is COCCNC(=O)[C@@H](c1ccc(OC)cc1)N(C(=O)c1snc(C(N)=O)c1N)c1ccc2c(c1)OCCO2. The molecule has 1 aromatic heterocycles. The van der Waals surface area contributed by atoms with Gasteiger partial charge in [-0.05, 0) is 41.4 Å². The molecule has 0 saturated heterocycles. The van der Waals surface area contributed by atoms with Crippen LogP contribution in [-0.2, 0) is 9.53 Å². The normalized spacial score (nSPS) is 12.9. The fourth-order valence-corrected chi connectivity index (χ4v) is 4.62. The predicted molar refractivity (Wildman–Crippen MR) is 140 cm³/mol. The summed E-state index contributed by atoms with van der Waals surface area (Å²) in [5.41, 5.74) is 11.9. The number of carbonyl (C=O) groups excluding carboxylic acids is 3. The third-order valence-electron chi connectivity index (χ3n) is 5.72. The van der Waals surface area contributed by atoms with Crippen LogP contribution >= 0.6 is 11.5 Å². The Kier molecular flexibility index (Phi) is 8.28. The highest BCUT2D eigenvalue weighted by Crippen LogP contribution is 2.39. The van der Waals surface area contributed by atoms with Crippen LogP contribution in [0.4, 0.5) is 11.4 Å². The number of methoxy groups -OCH3 is 2. The van der Waals surface area contributed by atoms with Crippen molar-refractivity contribution in [2.75, 3.05) is 51.2 Å². The van der Waals surface area contributed by atoms with E-state index in [4.69, 9.17) is 30.4 Å². The molecule has 1 atom stereocenters. The summed E-state index contributed by atoms with van der Waals surface area (Å²) >= 11 is 0.722. The van der Waals surface area contributed by atoms with E-state index in [1.54, 1.807) is 42.5 Å². The van der Waals surface area contributed by atoms with Crippen molar-refractivity contribution in [1.82, 2.24) is 9.69 Å². The Morgan fingerprint density at radius 2 is 1.82 bits per heavy atom. The number of ether oxygens (including phenoxy) is 4. The molecule has 0 unspecified atom stereocenters. The molecule has 1 aliphatic rings. The van der Waals surface area contributed by atoms with Gasteiger partial charge in [-0.25, -0.2) is 0 Å². The zero-order chi connectivity index (χ0) is 27.2. The van der Waals surface area contributed by atoms with Gasteiger partial charge in [-0.15, -0.1) is 0 Å². The molecule has 38 heavy (non-hydrogen) atoms. The number of rotatable bonds is 10. The van der Waals surface area contributed by atoms with Crippen molar-refractivity contribution in [2.45, 2.75) is 6.04 Å². The first-order valence-electron chi connectivity index (χ1n) is 11.5. The van der Waals surface area contributed by atoms with Gasteiger partial charge in [-0.2, -0.15) is 4.37 Å². The highest BCUT2D eigenvalue weighted by atomic mass is 32.1. The van der Waals surface area contributed by atoms with Crippen LogP contribution in [0.1, 0.15) is 31.8 Å². The van der Waals surface area contributed by atoms with Gasteiger partial charge in [0.05, 0.1) is 19.4 Å². The monoisotopic (exact) mass is 541 g/mol. The molecule has 200 valence electrons. The van der Waals surface area contributed by atoms with Gasteiger partial charge in [-0.1, -0.05) is 12.1 Å². The fourth-order valence-electron chi connectivity index (χ4n) is 3.88. The number of nitrogen functional groups attached to an aromatic ring is 1. The molecule has 2 heterocycles. The first-order valence-corrected chi connectivity index (χ1v) is 12.3.